The molecule has 25 heavy (non-hydrogen) atoms. The SMILES string of the molecule is O=C(c1ccc(=O)[nH]c1)N1CCN(c2ncnc3cc(Br)sc23)CC1. The summed E-state index contributed by atoms with van der Waals surface area (Å²) in [4.78, 5) is 38.9. The van der Waals surface area contributed by atoms with Crippen molar-refractivity contribution in [2.75, 3.05) is 31.1 Å². The lowest BCUT2D eigenvalue weighted by Crippen LogP contribution is -2.49. The molecule has 0 unspecified atom stereocenters. The Hall–Kier alpha value is -2.26. The number of H-pyrrole nitrogens is 1. The first-order valence-electron chi connectivity index (χ1n) is 7.75. The van der Waals surface area contributed by atoms with Crippen molar-refractivity contribution in [3.63, 3.8) is 0 Å². The summed E-state index contributed by atoms with van der Waals surface area (Å²) in [5.41, 5.74) is 1.21. The van der Waals surface area contributed by atoms with Crippen LogP contribution in [0.5, 0.6) is 0 Å². The van der Waals surface area contributed by atoms with Crippen LogP contribution in [0, 0.1) is 0 Å². The summed E-state index contributed by atoms with van der Waals surface area (Å²) in [6.45, 7) is 2.62. The molecule has 128 valence electrons. The molecule has 4 heterocycles. The van der Waals surface area contributed by atoms with Crippen LogP contribution in [0.1, 0.15) is 10.4 Å². The average Bonchev–Trinajstić information content (AvgIpc) is 3.02. The number of nitrogens with zero attached hydrogens (tertiary/aromatic N) is 4. The van der Waals surface area contributed by atoms with Gasteiger partial charge >= 0.3 is 0 Å². The topological polar surface area (TPSA) is 82.2 Å². The van der Waals surface area contributed by atoms with Crippen LogP contribution in [0.2, 0.25) is 0 Å². The van der Waals surface area contributed by atoms with Crippen LogP contribution in [0.15, 0.2) is 39.3 Å². The van der Waals surface area contributed by atoms with Crippen molar-refractivity contribution in [3.8, 4) is 0 Å². The number of carbonyl (C=O) groups excluding carboxylic acids is 1. The molecule has 3 aromatic rings. The quantitative estimate of drug-likeness (QED) is 0.687. The predicted molar refractivity (Wildman–Crippen MR) is 100 cm³/mol. The highest BCUT2D eigenvalue weighted by Crippen LogP contribution is 2.34. The van der Waals surface area contributed by atoms with E-state index in [4.69, 9.17) is 0 Å². The van der Waals surface area contributed by atoms with E-state index in [0.29, 0.717) is 31.7 Å². The molecule has 1 aliphatic heterocycles. The van der Waals surface area contributed by atoms with E-state index in [9.17, 15) is 9.59 Å². The van der Waals surface area contributed by atoms with E-state index >= 15 is 0 Å². The van der Waals surface area contributed by atoms with E-state index in [-0.39, 0.29) is 11.5 Å². The Labute approximate surface area is 155 Å². The number of nitrogens with one attached hydrogen (secondary N) is 1. The molecule has 1 fully saturated rings. The smallest absolute Gasteiger partial charge is 0.255 e. The molecule has 9 heteroatoms. The first-order chi connectivity index (χ1) is 12.1. The molecule has 3 aromatic heterocycles. The van der Waals surface area contributed by atoms with Crippen molar-refractivity contribution in [2.24, 2.45) is 0 Å². The van der Waals surface area contributed by atoms with E-state index in [1.54, 1.807) is 28.6 Å². The van der Waals surface area contributed by atoms with Crippen LogP contribution in [0.4, 0.5) is 5.82 Å². The van der Waals surface area contributed by atoms with Gasteiger partial charge in [-0.05, 0) is 28.1 Å². The zero-order valence-corrected chi connectivity index (χ0v) is 15.5. The summed E-state index contributed by atoms with van der Waals surface area (Å²) in [5.74, 6) is 0.847. The molecule has 7 nitrogen and oxygen atoms in total. The molecule has 0 aromatic carbocycles. The second-order valence-corrected chi connectivity index (χ2v) is 8.11. The van der Waals surface area contributed by atoms with Crippen LogP contribution in [0.3, 0.4) is 0 Å². The van der Waals surface area contributed by atoms with E-state index in [1.165, 1.54) is 12.3 Å². The van der Waals surface area contributed by atoms with Crippen LogP contribution in [0.25, 0.3) is 10.2 Å². The van der Waals surface area contributed by atoms with Gasteiger partial charge in [-0.1, -0.05) is 0 Å². The van der Waals surface area contributed by atoms with Gasteiger partial charge in [0.05, 0.1) is 19.6 Å². The van der Waals surface area contributed by atoms with Crippen molar-refractivity contribution in [1.29, 1.82) is 0 Å². The molecule has 0 spiro atoms. The van der Waals surface area contributed by atoms with E-state index in [1.807, 2.05) is 6.07 Å². The summed E-state index contributed by atoms with van der Waals surface area (Å²) >= 11 is 5.11. The fourth-order valence-electron chi connectivity index (χ4n) is 2.89. The number of hydrogen-bond acceptors (Lipinski definition) is 6. The molecule has 1 N–H and O–H groups in total. The van der Waals surface area contributed by atoms with E-state index in [0.717, 1.165) is 19.8 Å². The van der Waals surface area contributed by atoms with Gasteiger partial charge in [-0.15, -0.1) is 11.3 Å². The Morgan fingerprint density at radius 1 is 1.20 bits per heavy atom. The Morgan fingerprint density at radius 3 is 2.72 bits per heavy atom. The highest BCUT2D eigenvalue weighted by atomic mass is 79.9. The van der Waals surface area contributed by atoms with Crippen LogP contribution >= 0.6 is 27.3 Å². The number of pyridine rings is 1. The Morgan fingerprint density at radius 2 is 2.00 bits per heavy atom. The number of amides is 1. The Balaban J connectivity index is 1.50. The van der Waals surface area contributed by atoms with E-state index in [2.05, 4.69) is 35.8 Å². The highest BCUT2D eigenvalue weighted by molar-refractivity contribution is 9.11. The maximum atomic E-state index is 12.5. The molecule has 1 saturated heterocycles. The third-order valence-corrected chi connectivity index (χ3v) is 5.78. The summed E-state index contributed by atoms with van der Waals surface area (Å²) in [6, 6.07) is 4.92. The van der Waals surface area contributed by atoms with Crippen LogP contribution < -0.4 is 10.5 Å². The van der Waals surface area contributed by atoms with Crippen LogP contribution in [-0.2, 0) is 0 Å². The molecule has 1 amide bonds. The van der Waals surface area contributed by atoms with Crippen molar-refractivity contribution in [1.82, 2.24) is 19.9 Å². The minimum atomic E-state index is -0.212. The number of aromatic amines is 1. The maximum Gasteiger partial charge on any atom is 0.255 e. The van der Waals surface area contributed by atoms with Gasteiger partial charge in [0.1, 0.15) is 12.1 Å². The number of hydrogen-bond donors (Lipinski definition) is 1. The lowest BCUT2D eigenvalue weighted by Gasteiger charge is -2.35. The lowest BCUT2D eigenvalue weighted by atomic mass is 10.2. The summed E-state index contributed by atoms with van der Waals surface area (Å²) in [7, 11) is 0. The van der Waals surface area contributed by atoms with Gasteiger partial charge in [0.25, 0.3) is 5.91 Å². The van der Waals surface area contributed by atoms with Crippen molar-refractivity contribution >= 4 is 49.2 Å². The van der Waals surface area contributed by atoms with E-state index < -0.39 is 0 Å². The Bertz CT molecular complexity index is 973. The number of halogens is 1. The largest absolute Gasteiger partial charge is 0.352 e. The monoisotopic (exact) mass is 419 g/mol. The second-order valence-electron chi connectivity index (χ2n) is 5.68. The predicted octanol–water partition coefficient (Wildman–Crippen LogP) is 2.10. The lowest BCUT2D eigenvalue weighted by molar-refractivity contribution is 0.0746. The number of aromatic nitrogens is 3. The van der Waals surface area contributed by atoms with Gasteiger partial charge < -0.3 is 14.8 Å². The second kappa shape index (κ2) is 6.57. The summed E-state index contributed by atoms with van der Waals surface area (Å²) in [6.07, 6.45) is 3.04. The van der Waals surface area contributed by atoms with Gasteiger partial charge in [-0.3, -0.25) is 9.59 Å². The average molecular weight is 420 g/mol. The number of thiophene rings is 1. The van der Waals surface area contributed by atoms with Gasteiger partial charge in [0, 0.05) is 38.4 Å². The number of anilines is 1. The summed E-state index contributed by atoms with van der Waals surface area (Å²) < 4.78 is 2.07. The third kappa shape index (κ3) is 3.16. The molecule has 0 atom stereocenters. The minimum absolute atomic E-state index is 0.0670. The molecule has 0 aliphatic carbocycles. The van der Waals surface area contributed by atoms with Gasteiger partial charge in [0.2, 0.25) is 5.56 Å². The standard InChI is InChI=1S/C16H14BrN5O2S/c17-12-7-11-14(25-12)15(20-9-19-11)21-3-5-22(6-4-21)16(24)10-1-2-13(23)18-8-10/h1-2,7-9H,3-6H2,(H,18,23). The fourth-order valence-corrected chi connectivity index (χ4v) is 4.44. The third-order valence-electron chi connectivity index (χ3n) is 4.16. The Kier molecular flexibility index (Phi) is 4.26. The number of rotatable bonds is 2. The number of fused-ring (bicyclic) bond motifs is 1. The normalized spacial score (nSPS) is 14.9. The molecule has 0 radical (unpaired) electrons. The molecular formula is C16H14BrN5O2S. The maximum absolute atomic E-state index is 12.5. The van der Waals surface area contributed by atoms with Crippen molar-refractivity contribution in [3.05, 3.63) is 50.4 Å². The first kappa shape index (κ1) is 16.2. The molecule has 0 saturated carbocycles. The zero-order valence-electron chi connectivity index (χ0n) is 13.1. The number of piperazine rings is 1. The van der Waals surface area contributed by atoms with Gasteiger partial charge in [0.15, 0.2) is 0 Å². The zero-order chi connectivity index (χ0) is 17.4. The molecule has 0 bridgehead atoms. The van der Waals surface area contributed by atoms with Crippen molar-refractivity contribution in [2.45, 2.75) is 0 Å². The molecule has 4 rings (SSSR count). The molecule has 1 aliphatic rings. The minimum Gasteiger partial charge on any atom is -0.352 e. The highest BCUT2D eigenvalue weighted by Gasteiger charge is 2.24. The summed E-state index contributed by atoms with van der Waals surface area (Å²) in [5, 5.41) is 0. The van der Waals surface area contributed by atoms with Crippen molar-refractivity contribution < 1.29 is 4.79 Å². The van der Waals surface area contributed by atoms with Gasteiger partial charge in [-0.25, -0.2) is 9.97 Å². The van der Waals surface area contributed by atoms with Gasteiger partial charge in [-0.2, -0.15) is 0 Å². The number of carbonyl (C=O) groups is 1. The van der Waals surface area contributed by atoms with Crippen LogP contribution in [-0.4, -0.2) is 51.9 Å². The fraction of sp³-hybridized carbons (Fsp3) is 0.250. The first-order valence-corrected chi connectivity index (χ1v) is 9.36. The molecular weight excluding hydrogens is 406 g/mol.